The van der Waals surface area contributed by atoms with Crippen LogP contribution in [-0.4, -0.2) is 40.8 Å². The van der Waals surface area contributed by atoms with Gasteiger partial charge < -0.3 is 18.6 Å². The van der Waals surface area contributed by atoms with Crippen molar-refractivity contribution in [2.24, 2.45) is 0 Å². The molecule has 0 aliphatic carbocycles. The molecule has 1 aromatic heterocycles. The van der Waals surface area contributed by atoms with Gasteiger partial charge in [0.05, 0.1) is 24.7 Å². The van der Waals surface area contributed by atoms with Crippen LogP contribution >= 0.6 is 0 Å². The van der Waals surface area contributed by atoms with Gasteiger partial charge in [0.15, 0.2) is 11.5 Å². The molecule has 0 spiro atoms. The Morgan fingerprint density at radius 2 is 1.59 bits per heavy atom. The first kappa shape index (κ1) is 22.5. The number of non-ortho nitro benzene ring substituents is 1. The van der Waals surface area contributed by atoms with Crippen molar-refractivity contribution in [3.63, 3.8) is 0 Å². The summed E-state index contributed by atoms with van der Waals surface area (Å²) in [5.74, 6) is 0.988. The number of nitrogens with zero attached hydrogens (tertiary/aromatic N) is 3. The van der Waals surface area contributed by atoms with Gasteiger partial charge in [-0.05, 0) is 45.0 Å². The minimum absolute atomic E-state index is 0.118. The van der Waals surface area contributed by atoms with Crippen molar-refractivity contribution < 1.29 is 28.3 Å². The number of hydrogen-bond donors (Lipinski definition) is 1. The summed E-state index contributed by atoms with van der Waals surface area (Å²) in [6.07, 6.45) is 0. The Labute approximate surface area is 183 Å². The van der Waals surface area contributed by atoms with Crippen LogP contribution < -0.4 is 19.5 Å². The van der Waals surface area contributed by atoms with Crippen LogP contribution in [-0.2, 0) is 0 Å². The Hall–Kier alpha value is -4.15. The lowest BCUT2D eigenvalue weighted by molar-refractivity contribution is -0.384. The predicted molar refractivity (Wildman–Crippen MR) is 114 cm³/mol. The standard InChI is InChI=1S/C21H22N4O7/c1-4-29-16-11-14(12-17(30-5-2)18(16)31-6-3)20-23-24-21(32-20)22-19(26)13-7-9-15(10-8-13)25(27)28/h7-12H,4-6H2,1-3H3,(H,22,24,26). The van der Waals surface area contributed by atoms with E-state index in [0.29, 0.717) is 42.6 Å². The Morgan fingerprint density at radius 1 is 1.00 bits per heavy atom. The molecule has 0 saturated carbocycles. The zero-order chi connectivity index (χ0) is 23.1. The Kier molecular flexibility index (Phi) is 7.21. The number of nitro benzene ring substituents is 1. The molecule has 3 aromatic rings. The summed E-state index contributed by atoms with van der Waals surface area (Å²) in [6.45, 7) is 6.81. The van der Waals surface area contributed by atoms with Gasteiger partial charge in [-0.3, -0.25) is 20.2 Å². The number of carbonyl (C=O) groups is 1. The molecule has 0 unspecified atom stereocenters. The van der Waals surface area contributed by atoms with Crippen LogP contribution in [0.25, 0.3) is 11.5 Å². The highest BCUT2D eigenvalue weighted by Gasteiger charge is 2.20. The average Bonchev–Trinajstić information content (AvgIpc) is 3.24. The smallest absolute Gasteiger partial charge is 0.322 e. The monoisotopic (exact) mass is 442 g/mol. The van der Waals surface area contributed by atoms with E-state index in [-0.39, 0.29) is 23.2 Å². The fourth-order valence-corrected chi connectivity index (χ4v) is 2.81. The topological polar surface area (TPSA) is 139 Å². The molecule has 32 heavy (non-hydrogen) atoms. The number of nitro groups is 1. The third kappa shape index (κ3) is 5.12. The summed E-state index contributed by atoms with van der Waals surface area (Å²) in [7, 11) is 0. The molecule has 0 fully saturated rings. The Balaban J connectivity index is 1.85. The van der Waals surface area contributed by atoms with Gasteiger partial charge in [0, 0.05) is 23.3 Å². The highest BCUT2D eigenvalue weighted by Crippen LogP contribution is 2.41. The number of rotatable bonds is 10. The van der Waals surface area contributed by atoms with E-state index in [2.05, 4.69) is 15.5 Å². The zero-order valence-electron chi connectivity index (χ0n) is 17.8. The lowest BCUT2D eigenvalue weighted by Gasteiger charge is -2.16. The van der Waals surface area contributed by atoms with Crippen LogP contribution in [0.4, 0.5) is 11.7 Å². The van der Waals surface area contributed by atoms with Crippen LogP contribution in [0.15, 0.2) is 40.8 Å². The van der Waals surface area contributed by atoms with Crippen LogP contribution in [0, 0.1) is 10.1 Å². The van der Waals surface area contributed by atoms with E-state index in [1.165, 1.54) is 24.3 Å². The number of nitrogens with one attached hydrogen (secondary N) is 1. The van der Waals surface area contributed by atoms with Crippen molar-refractivity contribution >= 4 is 17.6 Å². The van der Waals surface area contributed by atoms with E-state index in [1.54, 1.807) is 12.1 Å². The zero-order valence-corrected chi connectivity index (χ0v) is 17.8. The molecular formula is C21H22N4O7. The number of amides is 1. The van der Waals surface area contributed by atoms with Crippen LogP contribution in [0.1, 0.15) is 31.1 Å². The fourth-order valence-electron chi connectivity index (χ4n) is 2.81. The van der Waals surface area contributed by atoms with Gasteiger partial charge in [-0.2, -0.15) is 0 Å². The van der Waals surface area contributed by atoms with Crippen molar-refractivity contribution in [1.82, 2.24) is 10.2 Å². The number of hydrogen-bond acceptors (Lipinski definition) is 9. The molecule has 168 valence electrons. The first-order chi connectivity index (χ1) is 15.5. The Morgan fingerprint density at radius 3 is 2.12 bits per heavy atom. The summed E-state index contributed by atoms with van der Waals surface area (Å²) in [5, 5.41) is 21.0. The van der Waals surface area contributed by atoms with Crippen molar-refractivity contribution in [1.29, 1.82) is 0 Å². The van der Waals surface area contributed by atoms with Crippen molar-refractivity contribution in [3.8, 4) is 28.7 Å². The average molecular weight is 442 g/mol. The van der Waals surface area contributed by atoms with E-state index in [4.69, 9.17) is 18.6 Å². The maximum Gasteiger partial charge on any atom is 0.322 e. The summed E-state index contributed by atoms with van der Waals surface area (Å²) >= 11 is 0. The fraction of sp³-hybridized carbons (Fsp3) is 0.286. The lowest BCUT2D eigenvalue weighted by Crippen LogP contribution is -2.12. The first-order valence-corrected chi connectivity index (χ1v) is 9.92. The molecule has 0 radical (unpaired) electrons. The number of ether oxygens (including phenoxy) is 3. The third-order valence-corrected chi connectivity index (χ3v) is 4.14. The van der Waals surface area contributed by atoms with Crippen molar-refractivity contribution in [2.45, 2.75) is 20.8 Å². The molecule has 3 rings (SSSR count). The predicted octanol–water partition coefficient (Wildman–Crippen LogP) is 4.09. The minimum atomic E-state index is -0.549. The third-order valence-electron chi connectivity index (χ3n) is 4.14. The van der Waals surface area contributed by atoms with E-state index in [1.807, 2.05) is 20.8 Å². The van der Waals surface area contributed by atoms with E-state index < -0.39 is 10.8 Å². The highest BCUT2D eigenvalue weighted by molar-refractivity contribution is 6.03. The van der Waals surface area contributed by atoms with Crippen molar-refractivity contribution in [3.05, 3.63) is 52.1 Å². The summed E-state index contributed by atoms with van der Waals surface area (Å²) < 4.78 is 22.6. The maximum atomic E-state index is 12.4. The van der Waals surface area contributed by atoms with Gasteiger partial charge in [0.2, 0.25) is 11.6 Å². The quantitative estimate of drug-likeness (QED) is 0.363. The van der Waals surface area contributed by atoms with Gasteiger partial charge in [0.25, 0.3) is 11.6 Å². The molecule has 0 saturated heterocycles. The SMILES string of the molecule is CCOc1cc(-c2nnc(NC(=O)c3ccc([N+](=O)[O-])cc3)o2)cc(OCC)c1OCC. The van der Waals surface area contributed by atoms with Gasteiger partial charge in [-0.1, -0.05) is 5.10 Å². The van der Waals surface area contributed by atoms with Crippen LogP contribution in [0.5, 0.6) is 17.2 Å². The molecule has 2 aromatic carbocycles. The molecule has 11 nitrogen and oxygen atoms in total. The molecular weight excluding hydrogens is 420 g/mol. The van der Waals surface area contributed by atoms with Crippen LogP contribution in [0.3, 0.4) is 0 Å². The summed E-state index contributed by atoms with van der Waals surface area (Å²) in [6, 6.07) is 8.38. The molecule has 0 aliphatic rings. The van der Waals surface area contributed by atoms with Gasteiger partial charge in [-0.15, -0.1) is 5.10 Å². The second-order valence-electron chi connectivity index (χ2n) is 6.27. The molecule has 1 amide bonds. The first-order valence-electron chi connectivity index (χ1n) is 9.92. The maximum absolute atomic E-state index is 12.4. The number of benzene rings is 2. The highest BCUT2D eigenvalue weighted by atomic mass is 16.6. The second kappa shape index (κ2) is 10.2. The number of carbonyl (C=O) groups excluding carboxylic acids is 1. The van der Waals surface area contributed by atoms with E-state index in [0.717, 1.165) is 0 Å². The molecule has 11 heteroatoms. The number of aromatic nitrogens is 2. The molecule has 0 bridgehead atoms. The normalized spacial score (nSPS) is 10.5. The largest absolute Gasteiger partial charge is 0.490 e. The second-order valence-corrected chi connectivity index (χ2v) is 6.27. The van der Waals surface area contributed by atoms with E-state index in [9.17, 15) is 14.9 Å². The Bertz CT molecular complexity index is 1070. The minimum Gasteiger partial charge on any atom is -0.490 e. The molecule has 1 N–H and O–H groups in total. The molecule has 1 heterocycles. The molecule has 0 atom stereocenters. The van der Waals surface area contributed by atoms with Crippen molar-refractivity contribution in [2.75, 3.05) is 25.1 Å². The summed E-state index contributed by atoms with van der Waals surface area (Å²) in [4.78, 5) is 22.6. The van der Waals surface area contributed by atoms with E-state index >= 15 is 0 Å². The van der Waals surface area contributed by atoms with Crippen LogP contribution in [0.2, 0.25) is 0 Å². The van der Waals surface area contributed by atoms with Gasteiger partial charge >= 0.3 is 6.01 Å². The summed E-state index contributed by atoms with van der Waals surface area (Å²) in [5.41, 5.74) is 0.602. The van der Waals surface area contributed by atoms with Gasteiger partial charge in [0.1, 0.15) is 0 Å². The molecule has 0 aliphatic heterocycles. The van der Waals surface area contributed by atoms with Gasteiger partial charge in [-0.25, -0.2) is 0 Å². The number of anilines is 1. The lowest BCUT2D eigenvalue weighted by atomic mass is 10.2.